The van der Waals surface area contributed by atoms with E-state index in [1.54, 1.807) is 24.8 Å². The minimum atomic E-state index is -4.39. The van der Waals surface area contributed by atoms with Crippen molar-refractivity contribution in [3.05, 3.63) is 41.6 Å². The average molecular weight is 395 g/mol. The molecule has 0 unspecified atom stereocenters. The highest BCUT2D eigenvalue weighted by molar-refractivity contribution is 5.93. The summed E-state index contributed by atoms with van der Waals surface area (Å²) in [6.07, 6.45) is -2.02. The van der Waals surface area contributed by atoms with Crippen LogP contribution in [0.2, 0.25) is 0 Å². The molecule has 0 aliphatic carbocycles. The third kappa shape index (κ3) is 4.92. The van der Waals surface area contributed by atoms with E-state index in [4.69, 9.17) is 0 Å². The van der Waals surface area contributed by atoms with Gasteiger partial charge in [-0.1, -0.05) is 12.1 Å². The molecule has 28 heavy (non-hydrogen) atoms. The Labute approximate surface area is 161 Å². The summed E-state index contributed by atoms with van der Waals surface area (Å²) < 4.78 is 38.0. The normalized spacial score (nSPS) is 16.4. The Morgan fingerprint density at radius 2 is 1.82 bits per heavy atom. The molecule has 152 valence electrons. The summed E-state index contributed by atoms with van der Waals surface area (Å²) in [7, 11) is 0. The predicted octanol–water partition coefficient (Wildman–Crippen LogP) is 4.11. The van der Waals surface area contributed by atoms with Crippen LogP contribution in [0, 0.1) is 5.92 Å². The van der Waals surface area contributed by atoms with Gasteiger partial charge in [-0.15, -0.1) is 0 Å². The van der Waals surface area contributed by atoms with E-state index in [0.29, 0.717) is 42.4 Å². The number of aliphatic hydroxyl groups is 1. The number of hydrogen-bond donors (Lipinski definition) is 2. The minimum Gasteiger partial charge on any atom is -0.390 e. The standard InChI is InChI=1S/C20H24F3N3O2/c1-19(2,28)12-13-7-9-26(10-8-13)18(27)17-11-16(24-25-17)14-3-5-15(6-4-14)20(21,22)23/h3-6,11,13,28H,7-10,12H2,1-2H3,(H,24,25). The molecule has 2 aromatic rings. The van der Waals surface area contributed by atoms with Crippen LogP contribution in [0.5, 0.6) is 0 Å². The number of carbonyl (C=O) groups excluding carboxylic acids is 1. The van der Waals surface area contributed by atoms with E-state index < -0.39 is 17.3 Å². The van der Waals surface area contributed by atoms with Crippen molar-refractivity contribution in [1.29, 1.82) is 0 Å². The van der Waals surface area contributed by atoms with Gasteiger partial charge >= 0.3 is 6.18 Å². The topological polar surface area (TPSA) is 69.2 Å². The number of benzene rings is 1. The molecule has 1 amide bonds. The molecule has 1 fully saturated rings. The quantitative estimate of drug-likeness (QED) is 0.819. The number of piperidine rings is 1. The van der Waals surface area contributed by atoms with Crippen molar-refractivity contribution in [3.63, 3.8) is 0 Å². The van der Waals surface area contributed by atoms with E-state index in [0.717, 1.165) is 25.0 Å². The van der Waals surface area contributed by atoms with Gasteiger partial charge < -0.3 is 10.0 Å². The molecule has 8 heteroatoms. The molecule has 1 aromatic carbocycles. The third-order valence-electron chi connectivity index (χ3n) is 5.01. The summed E-state index contributed by atoms with van der Waals surface area (Å²) in [5.74, 6) is 0.209. The zero-order valence-corrected chi connectivity index (χ0v) is 15.9. The molecule has 1 aromatic heterocycles. The van der Waals surface area contributed by atoms with Crippen molar-refractivity contribution >= 4 is 5.91 Å². The van der Waals surface area contributed by atoms with Gasteiger partial charge in [0.15, 0.2) is 0 Å². The van der Waals surface area contributed by atoms with Crippen LogP contribution in [-0.4, -0.2) is 44.8 Å². The number of halogens is 3. The smallest absolute Gasteiger partial charge is 0.390 e. The van der Waals surface area contributed by atoms with Gasteiger partial charge in [-0.25, -0.2) is 0 Å². The van der Waals surface area contributed by atoms with Crippen LogP contribution in [0.1, 0.15) is 49.2 Å². The Morgan fingerprint density at radius 1 is 1.21 bits per heavy atom. The average Bonchev–Trinajstić information content (AvgIpc) is 3.10. The lowest BCUT2D eigenvalue weighted by Crippen LogP contribution is -2.40. The van der Waals surface area contributed by atoms with Gasteiger partial charge in [0.05, 0.1) is 16.9 Å². The fourth-order valence-electron chi connectivity index (χ4n) is 3.63. The predicted molar refractivity (Wildman–Crippen MR) is 98.6 cm³/mol. The van der Waals surface area contributed by atoms with E-state index in [2.05, 4.69) is 10.2 Å². The molecule has 0 atom stereocenters. The Kier molecular flexibility index (Phi) is 5.52. The number of aromatic nitrogens is 2. The summed E-state index contributed by atoms with van der Waals surface area (Å²) in [6.45, 7) is 4.79. The molecular formula is C20H24F3N3O2. The zero-order valence-electron chi connectivity index (χ0n) is 15.9. The van der Waals surface area contributed by atoms with Gasteiger partial charge in [0.1, 0.15) is 5.69 Å². The van der Waals surface area contributed by atoms with Gasteiger partial charge in [-0.05, 0) is 57.2 Å². The van der Waals surface area contributed by atoms with Gasteiger partial charge in [0.25, 0.3) is 5.91 Å². The summed E-state index contributed by atoms with van der Waals surface area (Å²) in [5, 5.41) is 16.7. The summed E-state index contributed by atoms with van der Waals surface area (Å²) >= 11 is 0. The van der Waals surface area contributed by atoms with Crippen molar-refractivity contribution in [3.8, 4) is 11.3 Å². The number of hydrogen-bond acceptors (Lipinski definition) is 3. The Bertz CT molecular complexity index is 814. The summed E-state index contributed by atoms with van der Waals surface area (Å²) in [5.41, 5.74) is -0.189. The highest BCUT2D eigenvalue weighted by Gasteiger charge is 2.30. The summed E-state index contributed by atoms with van der Waals surface area (Å²) in [6, 6.07) is 6.25. The summed E-state index contributed by atoms with van der Waals surface area (Å²) in [4.78, 5) is 14.4. The van der Waals surface area contributed by atoms with Crippen LogP contribution in [-0.2, 0) is 6.18 Å². The van der Waals surface area contributed by atoms with Crippen molar-refractivity contribution < 1.29 is 23.1 Å². The lowest BCUT2D eigenvalue weighted by atomic mass is 9.86. The van der Waals surface area contributed by atoms with Crippen LogP contribution in [0.15, 0.2) is 30.3 Å². The van der Waals surface area contributed by atoms with Crippen molar-refractivity contribution in [1.82, 2.24) is 15.1 Å². The highest BCUT2D eigenvalue weighted by Crippen LogP contribution is 2.31. The lowest BCUT2D eigenvalue weighted by Gasteiger charge is -2.34. The molecule has 3 rings (SSSR count). The van der Waals surface area contributed by atoms with Crippen LogP contribution >= 0.6 is 0 Å². The van der Waals surface area contributed by atoms with E-state index in [1.807, 2.05) is 0 Å². The molecule has 0 saturated carbocycles. The van der Waals surface area contributed by atoms with Gasteiger partial charge in [-0.2, -0.15) is 18.3 Å². The third-order valence-corrected chi connectivity index (χ3v) is 5.01. The first kappa shape index (κ1) is 20.4. The molecule has 1 aliphatic rings. The van der Waals surface area contributed by atoms with Crippen LogP contribution < -0.4 is 0 Å². The molecule has 2 heterocycles. The van der Waals surface area contributed by atoms with Crippen LogP contribution in [0.3, 0.4) is 0 Å². The minimum absolute atomic E-state index is 0.174. The second-order valence-corrected chi connectivity index (χ2v) is 7.99. The maximum atomic E-state index is 12.7. The first-order valence-corrected chi connectivity index (χ1v) is 9.27. The number of carbonyl (C=O) groups is 1. The van der Waals surface area contributed by atoms with E-state index in [-0.39, 0.29) is 5.91 Å². The molecule has 0 bridgehead atoms. The van der Waals surface area contributed by atoms with Gasteiger partial charge in [0.2, 0.25) is 0 Å². The monoisotopic (exact) mass is 395 g/mol. The molecule has 1 saturated heterocycles. The Morgan fingerprint density at radius 3 is 2.36 bits per heavy atom. The zero-order chi connectivity index (χ0) is 20.5. The fourth-order valence-corrected chi connectivity index (χ4v) is 3.63. The Balaban J connectivity index is 1.63. The van der Waals surface area contributed by atoms with Crippen molar-refractivity contribution in [2.75, 3.05) is 13.1 Å². The highest BCUT2D eigenvalue weighted by atomic mass is 19.4. The van der Waals surface area contributed by atoms with Crippen molar-refractivity contribution in [2.45, 2.75) is 44.9 Å². The largest absolute Gasteiger partial charge is 0.416 e. The number of rotatable bonds is 4. The van der Waals surface area contributed by atoms with Crippen molar-refractivity contribution in [2.24, 2.45) is 5.92 Å². The van der Waals surface area contributed by atoms with E-state index in [9.17, 15) is 23.1 Å². The first-order valence-electron chi connectivity index (χ1n) is 9.27. The SMILES string of the molecule is CC(C)(O)CC1CCN(C(=O)c2cc(-c3ccc(C(F)(F)F)cc3)n[nH]2)CC1. The number of aromatic amines is 1. The molecule has 1 aliphatic heterocycles. The molecular weight excluding hydrogens is 371 g/mol. The first-order chi connectivity index (χ1) is 13.0. The number of alkyl halides is 3. The lowest BCUT2D eigenvalue weighted by molar-refractivity contribution is -0.137. The van der Waals surface area contributed by atoms with Crippen LogP contribution in [0.25, 0.3) is 11.3 Å². The maximum absolute atomic E-state index is 12.7. The van der Waals surface area contributed by atoms with E-state index in [1.165, 1.54) is 12.1 Å². The molecule has 0 radical (unpaired) electrons. The number of amides is 1. The maximum Gasteiger partial charge on any atom is 0.416 e. The number of nitrogens with one attached hydrogen (secondary N) is 1. The molecule has 0 spiro atoms. The number of H-pyrrole nitrogens is 1. The molecule has 5 nitrogen and oxygen atoms in total. The van der Waals surface area contributed by atoms with Gasteiger partial charge in [-0.3, -0.25) is 9.89 Å². The van der Waals surface area contributed by atoms with Gasteiger partial charge in [0, 0.05) is 18.7 Å². The van der Waals surface area contributed by atoms with E-state index >= 15 is 0 Å². The Hall–Kier alpha value is -2.35. The number of nitrogens with zero attached hydrogens (tertiary/aromatic N) is 2. The number of likely N-dealkylation sites (tertiary alicyclic amines) is 1. The second kappa shape index (κ2) is 7.58. The van der Waals surface area contributed by atoms with Crippen LogP contribution in [0.4, 0.5) is 13.2 Å². The molecule has 2 N–H and O–H groups in total. The fraction of sp³-hybridized carbons (Fsp3) is 0.500. The second-order valence-electron chi connectivity index (χ2n) is 7.99.